The third-order valence-electron chi connectivity index (χ3n) is 5.29. The van der Waals surface area contributed by atoms with Crippen LogP contribution in [0.3, 0.4) is 0 Å². The van der Waals surface area contributed by atoms with Crippen molar-refractivity contribution in [2.75, 3.05) is 19.6 Å². The van der Waals surface area contributed by atoms with Crippen LogP contribution in [-0.2, 0) is 17.8 Å². The number of carbonyl (C=O) groups excluding carboxylic acids is 1. The number of fused-ring (bicyclic) bond motifs is 1. The van der Waals surface area contributed by atoms with Crippen molar-refractivity contribution in [3.05, 3.63) is 64.7 Å². The molecule has 2 aromatic carbocycles. The van der Waals surface area contributed by atoms with E-state index >= 15 is 0 Å². The number of aromatic hydroxyl groups is 1. The minimum Gasteiger partial charge on any atom is -0.508 e. The standard InChI is InChI=1S/C20H21ClN2O2/c21-17-5-1-14(2-6-17)9-20(25)23-12-16-11-22(19(16)13-23)10-15-3-7-18(24)8-4-15/h1-8,16,19,24H,9-13H2/t16-,19-/m0/s1. The minimum atomic E-state index is 0.196. The van der Waals surface area contributed by atoms with Crippen LogP contribution in [0.4, 0.5) is 0 Å². The average molecular weight is 357 g/mol. The summed E-state index contributed by atoms with van der Waals surface area (Å²) in [6, 6.07) is 15.3. The third-order valence-corrected chi connectivity index (χ3v) is 5.54. The van der Waals surface area contributed by atoms with E-state index in [1.165, 1.54) is 5.56 Å². The second-order valence-electron chi connectivity index (χ2n) is 7.03. The molecule has 0 bridgehead atoms. The van der Waals surface area contributed by atoms with Crippen molar-refractivity contribution in [1.29, 1.82) is 0 Å². The number of hydrogen-bond donors (Lipinski definition) is 1. The maximum Gasteiger partial charge on any atom is 0.227 e. The molecule has 2 atom stereocenters. The minimum absolute atomic E-state index is 0.196. The van der Waals surface area contributed by atoms with E-state index in [-0.39, 0.29) is 5.91 Å². The Balaban J connectivity index is 1.33. The highest BCUT2D eigenvalue weighted by Gasteiger charge is 2.46. The molecule has 2 saturated heterocycles. The van der Waals surface area contributed by atoms with Gasteiger partial charge in [-0.05, 0) is 35.4 Å². The van der Waals surface area contributed by atoms with Gasteiger partial charge in [-0.1, -0.05) is 35.9 Å². The van der Waals surface area contributed by atoms with Crippen molar-refractivity contribution < 1.29 is 9.90 Å². The first-order chi connectivity index (χ1) is 12.1. The number of rotatable bonds is 4. The highest BCUT2D eigenvalue weighted by molar-refractivity contribution is 6.30. The van der Waals surface area contributed by atoms with Crippen molar-refractivity contribution >= 4 is 17.5 Å². The quantitative estimate of drug-likeness (QED) is 0.916. The first-order valence-electron chi connectivity index (χ1n) is 8.62. The lowest BCUT2D eigenvalue weighted by molar-refractivity contribution is -0.129. The molecule has 0 unspecified atom stereocenters. The number of nitrogens with zero attached hydrogens (tertiary/aromatic N) is 2. The molecule has 4 rings (SSSR count). The predicted molar refractivity (Wildman–Crippen MR) is 97.5 cm³/mol. The Labute approximate surface area is 152 Å². The number of likely N-dealkylation sites (tertiary alicyclic amines) is 2. The summed E-state index contributed by atoms with van der Waals surface area (Å²) >= 11 is 5.90. The van der Waals surface area contributed by atoms with E-state index in [0.29, 0.717) is 29.2 Å². The summed E-state index contributed by atoms with van der Waals surface area (Å²) in [6.07, 6.45) is 0.439. The molecule has 0 radical (unpaired) electrons. The highest BCUT2D eigenvalue weighted by atomic mass is 35.5. The van der Waals surface area contributed by atoms with Crippen molar-refractivity contribution in [3.8, 4) is 5.75 Å². The van der Waals surface area contributed by atoms with Crippen LogP contribution in [0.5, 0.6) is 5.75 Å². The molecule has 0 spiro atoms. The lowest BCUT2D eigenvalue weighted by Crippen LogP contribution is -2.54. The largest absolute Gasteiger partial charge is 0.508 e. The number of carbonyl (C=O) groups is 1. The Kier molecular flexibility index (Phi) is 4.40. The molecule has 4 nitrogen and oxygen atoms in total. The molecule has 2 aromatic rings. The molecule has 0 aromatic heterocycles. The summed E-state index contributed by atoms with van der Waals surface area (Å²) in [5, 5.41) is 10.1. The van der Waals surface area contributed by atoms with Crippen molar-refractivity contribution in [2.24, 2.45) is 5.92 Å². The number of amides is 1. The fourth-order valence-electron chi connectivity index (χ4n) is 3.86. The van der Waals surface area contributed by atoms with E-state index in [0.717, 1.165) is 31.7 Å². The van der Waals surface area contributed by atoms with Gasteiger partial charge in [0.25, 0.3) is 0 Å². The van der Waals surface area contributed by atoms with Gasteiger partial charge in [-0.3, -0.25) is 9.69 Å². The topological polar surface area (TPSA) is 43.8 Å². The van der Waals surface area contributed by atoms with Crippen LogP contribution >= 0.6 is 11.6 Å². The first-order valence-corrected chi connectivity index (χ1v) is 9.00. The van der Waals surface area contributed by atoms with E-state index in [1.54, 1.807) is 12.1 Å². The lowest BCUT2D eigenvalue weighted by Gasteiger charge is -2.43. The second kappa shape index (κ2) is 6.70. The van der Waals surface area contributed by atoms with Gasteiger partial charge in [-0.2, -0.15) is 0 Å². The summed E-state index contributed by atoms with van der Waals surface area (Å²) < 4.78 is 0. The summed E-state index contributed by atoms with van der Waals surface area (Å²) in [6.45, 7) is 3.59. The van der Waals surface area contributed by atoms with Gasteiger partial charge in [0, 0.05) is 43.2 Å². The molecule has 25 heavy (non-hydrogen) atoms. The van der Waals surface area contributed by atoms with Gasteiger partial charge in [0.05, 0.1) is 6.42 Å². The molecule has 1 amide bonds. The van der Waals surface area contributed by atoms with Crippen LogP contribution in [0.2, 0.25) is 5.02 Å². The maximum absolute atomic E-state index is 12.6. The van der Waals surface area contributed by atoms with Crippen LogP contribution in [0.1, 0.15) is 11.1 Å². The number of hydrogen-bond acceptors (Lipinski definition) is 3. The van der Waals surface area contributed by atoms with Gasteiger partial charge in [0.15, 0.2) is 0 Å². The summed E-state index contributed by atoms with van der Waals surface area (Å²) in [7, 11) is 0. The maximum atomic E-state index is 12.6. The van der Waals surface area contributed by atoms with E-state index in [2.05, 4.69) is 4.90 Å². The highest BCUT2D eigenvalue weighted by Crippen LogP contribution is 2.34. The monoisotopic (exact) mass is 356 g/mol. The van der Waals surface area contributed by atoms with Crippen LogP contribution in [0, 0.1) is 5.92 Å². The molecule has 0 saturated carbocycles. The van der Waals surface area contributed by atoms with E-state index in [1.807, 2.05) is 41.3 Å². The van der Waals surface area contributed by atoms with Gasteiger partial charge < -0.3 is 10.0 Å². The van der Waals surface area contributed by atoms with Gasteiger partial charge in [0.2, 0.25) is 5.91 Å². The number of phenolic OH excluding ortho intramolecular Hbond substituents is 1. The van der Waals surface area contributed by atoms with Gasteiger partial charge in [-0.25, -0.2) is 0 Å². The molecule has 130 valence electrons. The van der Waals surface area contributed by atoms with Gasteiger partial charge in [-0.15, -0.1) is 0 Å². The molecule has 2 fully saturated rings. The van der Waals surface area contributed by atoms with Crippen LogP contribution in [0.15, 0.2) is 48.5 Å². The zero-order chi connectivity index (χ0) is 17.4. The summed E-state index contributed by atoms with van der Waals surface area (Å²) in [4.78, 5) is 17.0. The Bertz CT molecular complexity index is 760. The normalized spacial score (nSPS) is 22.5. The Morgan fingerprint density at radius 1 is 1.00 bits per heavy atom. The number of halogens is 1. The van der Waals surface area contributed by atoms with Crippen LogP contribution < -0.4 is 0 Å². The average Bonchev–Trinajstić information content (AvgIpc) is 2.94. The van der Waals surface area contributed by atoms with E-state index < -0.39 is 0 Å². The van der Waals surface area contributed by atoms with Crippen molar-refractivity contribution in [3.63, 3.8) is 0 Å². The van der Waals surface area contributed by atoms with Crippen molar-refractivity contribution in [2.45, 2.75) is 19.0 Å². The van der Waals surface area contributed by atoms with Crippen molar-refractivity contribution in [1.82, 2.24) is 9.80 Å². The Morgan fingerprint density at radius 3 is 2.40 bits per heavy atom. The second-order valence-corrected chi connectivity index (χ2v) is 7.46. The Hall–Kier alpha value is -2.04. The molecule has 2 heterocycles. The zero-order valence-corrected chi connectivity index (χ0v) is 14.7. The van der Waals surface area contributed by atoms with Crippen LogP contribution in [-0.4, -0.2) is 46.5 Å². The molecule has 2 aliphatic heterocycles. The third kappa shape index (κ3) is 3.51. The molecule has 1 N–H and O–H groups in total. The smallest absolute Gasteiger partial charge is 0.227 e. The fourth-order valence-corrected chi connectivity index (χ4v) is 3.98. The molecular formula is C20H21ClN2O2. The SMILES string of the molecule is O=C(Cc1ccc(Cl)cc1)N1C[C@@H]2CN(Cc3ccc(O)cc3)[C@H]2C1. The lowest BCUT2D eigenvalue weighted by atomic mass is 9.91. The molecule has 5 heteroatoms. The van der Waals surface area contributed by atoms with Gasteiger partial charge >= 0.3 is 0 Å². The molecule has 2 aliphatic rings. The summed E-state index contributed by atoms with van der Waals surface area (Å²) in [5.41, 5.74) is 2.21. The van der Waals surface area contributed by atoms with E-state index in [9.17, 15) is 9.90 Å². The molecular weight excluding hydrogens is 336 g/mol. The summed E-state index contributed by atoms with van der Waals surface area (Å²) in [5.74, 6) is 1.08. The Morgan fingerprint density at radius 2 is 1.68 bits per heavy atom. The van der Waals surface area contributed by atoms with Crippen LogP contribution in [0.25, 0.3) is 0 Å². The van der Waals surface area contributed by atoms with Gasteiger partial charge in [0.1, 0.15) is 5.75 Å². The number of phenols is 1. The number of benzene rings is 2. The zero-order valence-electron chi connectivity index (χ0n) is 13.9. The molecule has 0 aliphatic carbocycles. The first kappa shape index (κ1) is 16.4. The predicted octanol–water partition coefficient (Wildman–Crippen LogP) is 2.93. The fraction of sp³-hybridized carbons (Fsp3) is 0.350. The van der Waals surface area contributed by atoms with E-state index in [4.69, 9.17) is 11.6 Å².